The van der Waals surface area contributed by atoms with Crippen molar-refractivity contribution in [3.63, 3.8) is 0 Å². The maximum atomic E-state index is 11.7. The second kappa shape index (κ2) is 5.24. The van der Waals surface area contributed by atoms with Crippen LogP contribution >= 0.6 is 12.6 Å². The van der Waals surface area contributed by atoms with E-state index in [9.17, 15) is 4.79 Å². The molecule has 0 saturated heterocycles. The van der Waals surface area contributed by atoms with Gasteiger partial charge >= 0.3 is 0 Å². The van der Waals surface area contributed by atoms with Crippen LogP contribution in [-0.4, -0.2) is 17.7 Å². The van der Waals surface area contributed by atoms with Crippen LogP contribution in [0.25, 0.3) is 0 Å². The minimum Gasteiger partial charge on any atom is -0.355 e. The number of carbonyl (C=O) groups excluding carboxylic acids is 1. The zero-order valence-electron chi connectivity index (χ0n) is 10.0. The minimum absolute atomic E-state index is 0.0933. The number of rotatable bonds is 6. The van der Waals surface area contributed by atoms with E-state index < -0.39 is 0 Å². The van der Waals surface area contributed by atoms with Gasteiger partial charge in [-0.25, -0.2) is 0 Å². The number of amides is 1. The molecular formula is C12H23NOS. The molecule has 1 saturated carbocycles. The van der Waals surface area contributed by atoms with E-state index in [0.29, 0.717) is 11.3 Å². The summed E-state index contributed by atoms with van der Waals surface area (Å²) in [5.41, 5.74) is 0.439. The second-order valence-electron chi connectivity index (χ2n) is 5.16. The Bertz CT molecular complexity index is 224. The van der Waals surface area contributed by atoms with Gasteiger partial charge in [-0.15, -0.1) is 0 Å². The molecule has 0 aromatic carbocycles. The van der Waals surface area contributed by atoms with Crippen LogP contribution in [0.4, 0.5) is 0 Å². The first-order valence-corrected chi connectivity index (χ1v) is 6.48. The molecule has 0 spiro atoms. The van der Waals surface area contributed by atoms with E-state index in [-0.39, 0.29) is 11.2 Å². The van der Waals surface area contributed by atoms with Crippen molar-refractivity contribution in [3.05, 3.63) is 0 Å². The molecule has 88 valence electrons. The van der Waals surface area contributed by atoms with E-state index in [2.05, 4.69) is 24.9 Å². The van der Waals surface area contributed by atoms with Crippen LogP contribution in [0.3, 0.4) is 0 Å². The number of hydrogen-bond acceptors (Lipinski definition) is 2. The third-order valence-corrected chi connectivity index (χ3v) is 4.11. The summed E-state index contributed by atoms with van der Waals surface area (Å²) >= 11 is 4.31. The number of nitrogens with one attached hydrogen (secondary N) is 1. The summed E-state index contributed by atoms with van der Waals surface area (Å²) in [6.07, 6.45) is 5.01. The lowest BCUT2D eigenvalue weighted by Crippen LogP contribution is -2.37. The SMILES string of the molecule is CCCC1(CNC(=O)C(S)C(C)C)CC1. The number of hydrogen-bond donors (Lipinski definition) is 2. The molecule has 0 aromatic rings. The van der Waals surface area contributed by atoms with Crippen LogP contribution in [0.15, 0.2) is 0 Å². The van der Waals surface area contributed by atoms with Gasteiger partial charge in [0.05, 0.1) is 5.25 Å². The summed E-state index contributed by atoms with van der Waals surface area (Å²) in [7, 11) is 0. The molecule has 1 atom stereocenters. The molecule has 1 rings (SSSR count). The van der Waals surface area contributed by atoms with E-state index in [4.69, 9.17) is 0 Å². The van der Waals surface area contributed by atoms with Crippen LogP contribution in [0.5, 0.6) is 0 Å². The Balaban J connectivity index is 2.28. The van der Waals surface area contributed by atoms with Gasteiger partial charge in [0, 0.05) is 6.54 Å². The molecule has 2 nitrogen and oxygen atoms in total. The highest BCUT2D eigenvalue weighted by Crippen LogP contribution is 2.48. The molecule has 1 fully saturated rings. The molecule has 3 heteroatoms. The van der Waals surface area contributed by atoms with E-state index in [1.54, 1.807) is 0 Å². The van der Waals surface area contributed by atoms with Gasteiger partial charge in [0.2, 0.25) is 5.91 Å². The highest BCUT2D eigenvalue weighted by Gasteiger charge is 2.41. The Labute approximate surface area is 98.6 Å². The lowest BCUT2D eigenvalue weighted by molar-refractivity contribution is -0.121. The monoisotopic (exact) mass is 229 g/mol. The van der Waals surface area contributed by atoms with E-state index >= 15 is 0 Å². The molecule has 0 bridgehead atoms. The van der Waals surface area contributed by atoms with Gasteiger partial charge in [0.1, 0.15) is 0 Å². The largest absolute Gasteiger partial charge is 0.355 e. The average molecular weight is 229 g/mol. The summed E-state index contributed by atoms with van der Waals surface area (Å²) in [4.78, 5) is 11.7. The summed E-state index contributed by atoms with van der Waals surface area (Å²) in [6.45, 7) is 7.10. The van der Waals surface area contributed by atoms with Gasteiger partial charge < -0.3 is 5.32 Å². The number of carbonyl (C=O) groups is 1. The summed E-state index contributed by atoms with van der Waals surface area (Å²) < 4.78 is 0. The topological polar surface area (TPSA) is 29.1 Å². The Morgan fingerprint density at radius 3 is 2.47 bits per heavy atom. The third kappa shape index (κ3) is 3.71. The van der Waals surface area contributed by atoms with Gasteiger partial charge in [-0.3, -0.25) is 4.79 Å². The van der Waals surface area contributed by atoms with E-state index in [0.717, 1.165) is 6.54 Å². The van der Waals surface area contributed by atoms with Crippen molar-refractivity contribution in [3.8, 4) is 0 Å². The first kappa shape index (κ1) is 12.9. The first-order chi connectivity index (χ1) is 7.01. The van der Waals surface area contributed by atoms with Crippen molar-refractivity contribution in [2.45, 2.75) is 51.7 Å². The highest BCUT2D eigenvalue weighted by molar-refractivity contribution is 7.81. The molecule has 0 radical (unpaired) electrons. The average Bonchev–Trinajstić information content (AvgIpc) is 2.94. The van der Waals surface area contributed by atoms with Crippen LogP contribution in [-0.2, 0) is 4.79 Å². The molecule has 1 amide bonds. The van der Waals surface area contributed by atoms with Crippen LogP contribution in [0.1, 0.15) is 46.5 Å². The minimum atomic E-state index is -0.164. The number of thiol groups is 1. The van der Waals surface area contributed by atoms with Crippen molar-refractivity contribution in [2.75, 3.05) is 6.54 Å². The fourth-order valence-corrected chi connectivity index (χ4v) is 2.00. The fraction of sp³-hybridized carbons (Fsp3) is 0.917. The third-order valence-electron chi connectivity index (χ3n) is 3.28. The van der Waals surface area contributed by atoms with Crippen molar-refractivity contribution in [1.29, 1.82) is 0 Å². The predicted octanol–water partition coefficient (Wildman–Crippen LogP) is 2.64. The van der Waals surface area contributed by atoms with Gasteiger partial charge in [-0.2, -0.15) is 12.6 Å². The molecule has 1 aliphatic carbocycles. The normalized spacial score (nSPS) is 20.1. The Kier molecular flexibility index (Phi) is 4.50. The van der Waals surface area contributed by atoms with E-state index in [1.807, 2.05) is 13.8 Å². The van der Waals surface area contributed by atoms with Gasteiger partial charge in [0.25, 0.3) is 0 Å². The summed E-state index contributed by atoms with van der Waals surface area (Å²) in [5.74, 6) is 0.394. The molecule has 0 heterocycles. The molecule has 0 aromatic heterocycles. The smallest absolute Gasteiger partial charge is 0.233 e. The standard InChI is InChI=1S/C12H23NOS/c1-4-5-12(6-7-12)8-13-11(14)10(15)9(2)3/h9-10,15H,4-8H2,1-3H3,(H,13,14). The summed E-state index contributed by atoms with van der Waals surface area (Å²) in [5, 5.41) is 2.87. The maximum Gasteiger partial charge on any atom is 0.233 e. The zero-order chi connectivity index (χ0) is 11.5. The first-order valence-electron chi connectivity index (χ1n) is 5.96. The molecular weight excluding hydrogens is 206 g/mol. The Morgan fingerprint density at radius 2 is 2.07 bits per heavy atom. The molecule has 15 heavy (non-hydrogen) atoms. The second-order valence-corrected chi connectivity index (χ2v) is 5.71. The fourth-order valence-electron chi connectivity index (χ4n) is 1.90. The molecule has 1 N–H and O–H groups in total. The van der Waals surface area contributed by atoms with Gasteiger partial charge in [-0.05, 0) is 30.6 Å². The van der Waals surface area contributed by atoms with Crippen molar-refractivity contribution in [1.82, 2.24) is 5.32 Å². The van der Waals surface area contributed by atoms with Crippen molar-refractivity contribution >= 4 is 18.5 Å². The predicted molar refractivity (Wildman–Crippen MR) is 67.2 cm³/mol. The van der Waals surface area contributed by atoms with Crippen molar-refractivity contribution < 1.29 is 4.79 Å². The van der Waals surface area contributed by atoms with Crippen LogP contribution < -0.4 is 5.32 Å². The van der Waals surface area contributed by atoms with E-state index in [1.165, 1.54) is 25.7 Å². The molecule has 0 aliphatic heterocycles. The zero-order valence-corrected chi connectivity index (χ0v) is 10.9. The Hall–Kier alpha value is -0.180. The van der Waals surface area contributed by atoms with Gasteiger partial charge in [-0.1, -0.05) is 27.2 Å². The lowest BCUT2D eigenvalue weighted by Gasteiger charge is -2.18. The van der Waals surface area contributed by atoms with Crippen LogP contribution in [0, 0.1) is 11.3 Å². The Morgan fingerprint density at radius 1 is 1.47 bits per heavy atom. The highest BCUT2D eigenvalue weighted by atomic mass is 32.1. The van der Waals surface area contributed by atoms with Gasteiger partial charge in [0.15, 0.2) is 0 Å². The van der Waals surface area contributed by atoms with Crippen molar-refractivity contribution in [2.24, 2.45) is 11.3 Å². The maximum absolute atomic E-state index is 11.7. The molecule has 1 aliphatic rings. The molecule has 1 unspecified atom stereocenters. The summed E-state index contributed by atoms with van der Waals surface area (Å²) in [6, 6.07) is 0. The quantitative estimate of drug-likeness (QED) is 0.674. The lowest BCUT2D eigenvalue weighted by atomic mass is 10.0. The van der Waals surface area contributed by atoms with Crippen LogP contribution in [0.2, 0.25) is 0 Å².